The Bertz CT molecular complexity index is 344. The van der Waals surface area contributed by atoms with Crippen molar-refractivity contribution >= 4 is 0 Å². The maximum atomic E-state index is 5.48. The molecule has 0 bridgehead atoms. The molecular weight excluding hydrogens is 238 g/mol. The van der Waals surface area contributed by atoms with Crippen LogP contribution in [-0.4, -0.2) is 19.2 Å². The molecule has 0 spiro atoms. The highest BCUT2D eigenvalue weighted by Crippen LogP contribution is 2.38. The molecule has 0 N–H and O–H groups in total. The number of pyridine rings is 1. The third-order valence-electron chi connectivity index (χ3n) is 3.63. The Morgan fingerprint density at radius 1 is 1.11 bits per heavy atom. The molecule has 0 saturated heterocycles. The van der Waals surface area contributed by atoms with Gasteiger partial charge >= 0.3 is 0 Å². The molecule has 3 heteroatoms. The summed E-state index contributed by atoms with van der Waals surface area (Å²) in [5.41, 5.74) is 1.13. The number of methoxy groups -OCH3 is 2. The first-order valence-corrected chi connectivity index (χ1v) is 7.35. The molecule has 3 nitrogen and oxygen atoms in total. The number of ether oxygens (including phenoxy) is 2. The Balaban J connectivity index is 2.83. The zero-order valence-corrected chi connectivity index (χ0v) is 12.7. The van der Waals surface area contributed by atoms with Crippen molar-refractivity contribution in [3.05, 3.63) is 17.8 Å². The number of nitrogens with zero attached hydrogens (tertiary/aromatic N) is 1. The van der Waals surface area contributed by atoms with Gasteiger partial charge in [-0.25, -0.2) is 4.98 Å². The van der Waals surface area contributed by atoms with Gasteiger partial charge in [-0.05, 0) is 24.8 Å². The summed E-state index contributed by atoms with van der Waals surface area (Å²) in [7, 11) is 3.39. The molecular formula is C16H27NO2. The Labute approximate surface area is 117 Å². The van der Waals surface area contributed by atoms with E-state index in [1.54, 1.807) is 20.4 Å². The van der Waals surface area contributed by atoms with E-state index in [9.17, 15) is 0 Å². The minimum atomic E-state index is 0.468. The van der Waals surface area contributed by atoms with Crippen LogP contribution in [0.2, 0.25) is 0 Å². The summed E-state index contributed by atoms with van der Waals surface area (Å²) < 4.78 is 10.9. The van der Waals surface area contributed by atoms with Gasteiger partial charge in [0, 0.05) is 6.20 Å². The predicted molar refractivity (Wildman–Crippen MR) is 79.1 cm³/mol. The Morgan fingerprint density at radius 3 is 2.47 bits per heavy atom. The summed E-state index contributed by atoms with van der Waals surface area (Å²) in [4.78, 5) is 4.32. The first kappa shape index (κ1) is 15.8. The molecule has 0 fully saturated rings. The maximum absolute atomic E-state index is 5.48. The molecule has 1 aromatic rings. The topological polar surface area (TPSA) is 31.4 Å². The van der Waals surface area contributed by atoms with Crippen molar-refractivity contribution < 1.29 is 9.47 Å². The molecule has 0 aliphatic rings. The van der Waals surface area contributed by atoms with E-state index in [0.29, 0.717) is 11.8 Å². The van der Waals surface area contributed by atoms with Gasteiger partial charge in [-0.2, -0.15) is 0 Å². The van der Waals surface area contributed by atoms with E-state index in [2.05, 4.69) is 18.8 Å². The minimum absolute atomic E-state index is 0.468. The van der Waals surface area contributed by atoms with Crippen molar-refractivity contribution in [2.75, 3.05) is 14.2 Å². The van der Waals surface area contributed by atoms with Crippen LogP contribution in [0.15, 0.2) is 12.3 Å². The van der Waals surface area contributed by atoms with E-state index in [-0.39, 0.29) is 0 Å². The van der Waals surface area contributed by atoms with Gasteiger partial charge in [0.2, 0.25) is 5.88 Å². The van der Waals surface area contributed by atoms with Crippen molar-refractivity contribution in [2.45, 2.75) is 58.3 Å². The summed E-state index contributed by atoms with van der Waals surface area (Å²) in [5.74, 6) is 2.08. The van der Waals surface area contributed by atoms with Crippen LogP contribution in [-0.2, 0) is 0 Å². The van der Waals surface area contributed by atoms with Gasteiger partial charge in [0.1, 0.15) is 5.75 Å². The molecule has 19 heavy (non-hydrogen) atoms. The second-order valence-corrected chi connectivity index (χ2v) is 4.89. The third-order valence-corrected chi connectivity index (χ3v) is 3.63. The summed E-state index contributed by atoms with van der Waals surface area (Å²) in [6.45, 7) is 4.46. The van der Waals surface area contributed by atoms with Crippen molar-refractivity contribution in [1.29, 1.82) is 0 Å². The molecule has 0 saturated carbocycles. The predicted octanol–water partition coefficient (Wildman–Crippen LogP) is 4.56. The second kappa shape index (κ2) is 8.78. The maximum Gasteiger partial charge on any atom is 0.220 e. The molecule has 1 aromatic heterocycles. The average Bonchev–Trinajstić information content (AvgIpc) is 2.47. The fraction of sp³-hybridized carbons (Fsp3) is 0.688. The van der Waals surface area contributed by atoms with Gasteiger partial charge in [-0.15, -0.1) is 0 Å². The molecule has 1 atom stereocenters. The lowest BCUT2D eigenvalue weighted by molar-refractivity contribution is 0.361. The van der Waals surface area contributed by atoms with E-state index < -0.39 is 0 Å². The van der Waals surface area contributed by atoms with E-state index in [4.69, 9.17) is 9.47 Å². The van der Waals surface area contributed by atoms with Gasteiger partial charge in [0.25, 0.3) is 0 Å². The van der Waals surface area contributed by atoms with Crippen LogP contribution in [0.25, 0.3) is 0 Å². The van der Waals surface area contributed by atoms with Crippen LogP contribution >= 0.6 is 0 Å². The zero-order valence-electron chi connectivity index (χ0n) is 12.7. The van der Waals surface area contributed by atoms with E-state index in [1.165, 1.54) is 32.1 Å². The van der Waals surface area contributed by atoms with E-state index in [0.717, 1.165) is 17.7 Å². The van der Waals surface area contributed by atoms with Crippen molar-refractivity contribution in [3.8, 4) is 11.6 Å². The molecule has 0 aliphatic heterocycles. The van der Waals surface area contributed by atoms with Crippen molar-refractivity contribution in [2.24, 2.45) is 0 Å². The first-order valence-electron chi connectivity index (χ1n) is 7.35. The number of rotatable bonds is 9. The van der Waals surface area contributed by atoms with Crippen molar-refractivity contribution in [1.82, 2.24) is 4.98 Å². The largest absolute Gasteiger partial charge is 0.496 e. The van der Waals surface area contributed by atoms with E-state index >= 15 is 0 Å². The average molecular weight is 265 g/mol. The highest BCUT2D eigenvalue weighted by atomic mass is 16.5. The van der Waals surface area contributed by atoms with Crippen molar-refractivity contribution in [3.63, 3.8) is 0 Å². The highest BCUT2D eigenvalue weighted by Gasteiger charge is 2.20. The molecule has 1 heterocycles. The monoisotopic (exact) mass is 265 g/mol. The molecule has 0 amide bonds. The Morgan fingerprint density at radius 2 is 1.89 bits per heavy atom. The molecule has 108 valence electrons. The standard InChI is InChI=1S/C16H27NO2/c1-5-7-8-9-10-13(6-2)15-14(18-3)11-12-17-16(15)19-4/h11-13H,5-10H2,1-4H3. The number of hydrogen-bond donors (Lipinski definition) is 0. The Kier molecular flexibility index (Phi) is 7.31. The Hall–Kier alpha value is -1.25. The summed E-state index contributed by atoms with van der Waals surface area (Å²) >= 11 is 0. The number of hydrogen-bond acceptors (Lipinski definition) is 3. The number of aromatic nitrogens is 1. The van der Waals surface area contributed by atoms with Crippen LogP contribution < -0.4 is 9.47 Å². The van der Waals surface area contributed by atoms with Crippen LogP contribution in [0.4, 0.5) is 0 Å². The smallest absolute Gasteiger partial charge is 0.220 e. The van der Waals surface area contributed by atoms with Gasteiger partial charge in [-0.3, -0.25) is 0 Å². The van der Waals surface area contributed by atoms with Crippen LogP contribution in [0.5, 0.6) is 11.6 Å². The lowest BCUT2D eigenvalue weighted by Gasteiger charge is -2.20. The third kappa shape index (κ3) is 4.41. The SMILES string of the molecule is CCCCCCC(CC)c1c(OC)ccnc1OC. The molecule has 0 aliphatic carbocycles. The molecule has 0 aromatic carbocycles. The lowest BCUT2D eigenvalue weighted by atomic mass is 9.90. The van der Waals surface area contributed by atoms with Crippen LogP contribution in [0, 0.1) is 0 Å². The lowest BCUT2D eigenvalue weighted by Crippen LogP contribution is -2.05. The normalized spacial score (nSPS) is 12.2. The summed E-state index contributed by atoms with van der Waals surface area (Å²) in [5, 5.41) is 0. The summed E-state index contributed by atoms with van der Waals surface area (Å²) in [6, 6.07) is 1.92. The van der Waals surface area contributed by atoms with E-state index in [1.807, 2.05) is 6.07 Å². The van der Waals surface area contributed by atoms with Gasteiger partial charge in [0.15, 0.2) is 0 Å². The molecule has 0 radical (unpaired) electrons. The molecule has 1 rings (SSSR count). The van der Waals surface area contributed by atoms with Gasteiger partial charge in [0.05, 0.1) is 19.8 Å². The fourth-order valence-electron chi connectivity index (χ4n) is 2.52. The van der Waals surface area contributed by atoms with Crippen LogP contribution in [0.1, 0.15) is 63.9 Å². The van der Waals surface area contributed by atoms with Gasteiger partial charge < -0.3 is 9.47 Å². The zero-order chi connectivity index (χ0) is 14.1. The second-order valence-electron chi connectivity index (χ2n) is 4.89. The highest BCUT2D eigenvalue weighted by molar-refractivity contribution is 5.42. The quantitative estimate of drug-likeness (QED) is 0.613. The minimum Gasteiger partial charge on any atom is -0.496 e. The van der Waals surface area contributed by atoms with Crippen LogP contribution in [0.3, 0.4) is 0 Å². The number of unbranched alkanes of at least 4 members (excludes halogenated alkanes) is 3. The first-order chi connectivity index (χ1) is 9.28. The summed E-state index contributed by atoms with van der Waals surface area (Å²) in [6.07, 6.45) is 9.16. The van der Waals surface area contributed by atoms with Gasteiger partial charge in [-0.1, -0.05) is 39.5 Å². The molecule has 1 unspecified atom stereocenters. The fourth-order valence-corrected chi connectivity index (χ4v) is 2.52.